The Balaban J connectivity index is 1.26. The lowest BCUT2D eigenvalue weighted by atomic mass is 9.81. The van der Waals surface area contributed by atoms with E-state index in [4.69, 9.17) is 9.42 Å². The van der Waals surface area contributed by atoms with Gasteiger partial charge in [0.05, 0.1) is 18.8 Å². The quantitative estimate of drug-likeness (QED) is 0.174. The average Bonchev–Trinajstić information content (AvgIpc) is 3.36. The van der Waals surface area contributed by atoms with Crippen molar-refractivity contribution >= 4 is 42.2 Å². The van der Waals surface area contributed by atoms with Gasteiger partial charge in [-0.3, -0.25) is 24.1 Å². The van der Waals surface area contributed by atoms with Crippen LogP contribution in [0.5, 0.6) is 0 Å². The van der Waals surface area contributed by atoms with E-state index >= 15 is 0 Å². The number of carbonyl (C=O) groups excluding carboxylic acids is 4. The number of nitrogens with zero attached hydrogens (tertiary/aromatic N) is 2. The SMILES string of the molecule is O=C(NCCCCCC(=O)N1C[C@H](O)C[C@H]1COP([O-])(O)=S)C1CCC(CN2C(=O)C=CC2=O)CC1. The topological polar surface area (TPSA) is 160 Å². The van der Waals surface area contributed by atoms with E-state index < -0.39 is 18.9 Å². The maximum absolute atomic E-state index is 12.5. The molecule has 36 heavy (non-hydrogen) atoms. The van der Waals surface area contributed by atoms with Gasteiger partial charge in [-0.2, -0.15) is 0 Å². The zero-order chi connectivity index (χ0) is 26.3. The summed E-state index contributed by atoms with van der Waals surface area (Å²) in [5.41, 5.74) is 0. The summed E-state index contributed by atoms with van der Waals surface area (Å²) in [5.74, 6) is -0.483. The molecule has 1 unspecified atom stereocenters. The zero-order valence-electron chi connectivity index (χ0n) is 20.3. The van der Waals surface area contributed by atoms with E-state index in [1.54, 1.807) is 0 Å². The van der Waals surface area contributed by atoms with Gasteiger partial charge in [0.1, 0.15) is 6.72 Å². The number of amides is 4. The van der Waals surface area contributed by atoms with Crippen molar-refractivity contribution in [2.24, 2.45) is 11.8 Å². The molecule has 0 aromatic rings. The van der Waals surface area contributed by atoms with Crippen molar-refractivity contribution in [2.45, 2.75) is 69.9 Å². The minimum Gasteiger partial charge on any atom is -0.780 e. The van der Waals surface area contributed by atoms with Crippen molar-refractivity contribution in [2.75, 3.05) is 26.2 Å². The molecule has 0 spiro atoms. The first kappa shape index (κ1) is 28.9. The highest BCUT2D eigenvalue weighted by atomic mass is 32.5. The van der Waals surface area contributed by atoms with E-state index in [2.05, 4.69) is 17.1 Å². The van der Waals surface area contributed by atoms with Crippen LogP contribution in [0.1, 0.15) is 57.8 Å². The molecule has 0 aromatic carbocycles. The smallest absolute Gasteiger partial charge is 0.253 e. The third-order valence-corrected chi connectivity index (χ3v) is 7.86. The van der Waals surface area contributed by atoms with Crippen molar-refractivity contribution in [3.8, 4) is 0 Å². The summed E-state index contributed by atoms with van der Waals surface area (Å²) in [5, 5.41) is 12.8. The molecular formula is C23H35N3O8PS-. The average molecular weight is 545 g/mol. The minimum atomic E-state index is -4.06. The summed E-state index contributed by atoms with van der Waals surface area (Å²) >= 11 is 4.33. The number of rotatable bonds is 12. The summed E-state index contributed by atoms with van der Waals surface area (Å²) in [6, 6.07) is -0.474. The van der Waals surface area contributed by atoms with Crippen LogP contribution in [0.15, 0.2) is 12.2 Å². The Hall–Kier alpha value is -1.69. The van der Waals surface area contributed by atoms with Gasteiger partial charge in [-0.05, 0) is 50.9 Å². The monoisotopic (exact) mass is 544 g/mol. The Bertz CT molecular complexity index is 884. The first-order valence-corrected chi connectivity index (χ1v) is 15.1. The van der Waals surface area contributed by atoms with Crippen molar-refractivity contribution in [1.82, 2.24) is 15.1 Å². The molecular weight excluding hydrogens is 509 g/mol. The van der Waals surface area contributed by atoms with Crippen LogP contribution in [0.4, 0.5) is 0 Å². The maximum Gasteiger partial charge on any atom is 0.253 e. The summed E-state index contributed by atoms with van der Waals surface area (Å²) in [7, 11) is 0. The van der Waals surface area contributed by atoms with Crippen LogP contribution in [0, 0.1) is 11.8 Å². The molecule has 11 nitrogen and oxygen atoms in total. The number of β-amino-alcohol motifs (C(OH)–C–C–N with tert-alkyl or cyclic N) is 1. The van der Waals surface area contributed by atoms with Gasteiger partial charge in [-0.1, -0.05) is 18.2 Å². The molecule has 2 aliphatic heterocycles. The third kappa shape index (κ3) is 8.71. The maximum atomic E-state index is 12.5. The van der Waals surface area contributed by atoms with Gasteiger partial charge in [-0.25, -0.2) is 0 Å². The van der Waals surface area contributed by atoms with E-state index in [-0.39, 0.29) is 61.5 Å². The van der Waals surface area contributed by atoms with Crippen LogP contribution in [0.3, 0.4) is 0 Å². The summed E-state index contributed by atoms with van der Waals surface area (Å²) < 4.78 is 4.77. The third-order valence-electron chi connectivity index (χ3n) is 7.07. The van der Waals surface area contributed by atoms with Gasteiger partial charge >= 0.3 is 0 Å². The van der Waals surface area contributed by atoms with Gasteiger partial charge < -0.3 is 29.6 Å². The fourth-order valence-corrected chi connectivity index (χ4v) is 5.63. The van der Waals surface area contributed by atoms with E-state index in [9.17, 15) is 29.2 Å². The molecule has 0 aromatic heterocycles. The normalized spacial score (nSPS) is 28.0. The van der Waals surface area contributed by atoms with Crippen molar-refractivity contribution < 1.29 is 38.6 Å². The molecule has 3 rings (SSSR count). The predicted molar refractivity (Wildman–Crippen MR) is 131 cm³/mol. The van der Waals surface area contributed by atoms with Gasteiger partial charge in [-0.15, -0.1) is 0 Å². The molecule has 2 fully saturated rings. The second-order valence-electron chi connectivity index (χ2n) is 9.79. The van der Waals surface area contributed by atoms with Crippen molar-refractivity contribution in [1.29, 1.82) is 0 Å². The van der Waals surface area contributed by atoms with Crippen LogP contribution >= 0.6 is 6.72 Å². The number of imide groups is 1. The Kier molecular flexibility index (Phi) is 10.6. The lowest BCUT2D eigenvalue weighted by Crippen LogP contribution is -2.38. The van der Waals surface area contributed by atoms with Gasteiger partial charge in [0.15, 0.2) is 0 Å². The van der Waals surface area contributed by atoms with Crippen molar-refractivity contribution in [3.63, 3.8) is 0 Å². The minimum absolute atomic E-state index is 0.0244. The Morgan fingerprint density at radius 3 is 2.44 bits per heavy atom. The molecule has 3 aliphatic rings. The molecule has 1 saturated heterocycles. The Labute approximate surface area is 216 Å². The van der Waals surface area contributed by atoms with Gasteiger partial charge in [0.25, 0.3) is 11.8 Å². The molecule has 4 amide bonds. The number of unbranched alkanes of at least 4 members (excludes halogenated alkanes) is 2. The van der Waals surface area contributed by atoms with Crippen LogP contribution in [-0.4, -0.2) is 81.8 Å². The molecule has 3 atom stereocenters. The highest BCUT2D eigenvalue weighted by Crippen LogP contribution is 2.33. The summed E-state index contributed by atoms with van der Waals surface area (Å²) in [6.07, 6.45) is 7.64. The number of nitrogens with one attached hydrogen (secondary N) is 1. The van der Waals surface area contributed by atoms with E-state index in [1.165, 1.54) is 22.0 Å². The number of likely N-dealkylation sites (tertiary alicyclic amines) is 1. The van der Waals surface area contributed by atoms with E-state index in [1.807, 2.05) is 0 Å². The molecule has 3 N–H and O–H groups in total. The highest BCUT2D eigenvalue weighted by molar-refractivity contribution is 8.06. The zero-order valence-corrected chi connectivity index (χ0v) is 22.0. The predicted octanol–water partition coefficient (Wildman–Crippen LogP) is -0.0501. The molecule has 0 radical (unpaired) electrons. The molecule has 2 heterocycles. The lowest BCUT2D eigenvalue weighted by molar-refractivity contribution is -0.202. The molecule has 1 aliphatic carbocycles. The second-order valence-corrected chi connectivity index (χ2v) is 12.4. The Morgan fingerprint density at radius 1 is 1.14 bits per heavy atom. The van der Waals surface area contributed by atoms with Crippen LogP contribution in [0.2, 0.25) is 0 Å². The van der Waals surface area contributed by atoms with Gasteiger partial charge in [0, 0.05) is 44.1 Å². The number of aliphatic hydroxyl groups excluding tert-OH is 1. The van der Waals surface area contributed by atoms with Crippen LogP contribution in [0.25, 0.3) is 0 Å². The number of carbonyl (C=O) groups is 4. The second kappa shape index (κ2) is 13.2. The summed E-state index contributed by atoms with van der Waals surface area (Å²) in [6.45, 7) is -3.13. The van der Waals surface area contributed by atoms with E-state index in [0.29, 0.717) is 19.5 Å². The highest BCUT2D eigenvalue weighted by Gasteiger charge is 2.34. The largest absolute Gasteiger partial charge is 0.780 e. The number of aliphatic hydroxyl groups is 1. The molecule has 1 saturated carbocycles. The number of hydrogen-bond acceptors (Lipinski definition) is 8. The summed E-state index contributed by atoms with van der Waals surface area (Å²) in [4.78, 5) is 71.5. The first-order valence-electron chi connectivity index (χ1n) is 12.5. The first-order chi connectivity index (χ1) is 17.0. The standard InChI is InChI=1S/C23H36N3O8PS/c27-19-12-18(15-34-35(32,33)36)25(14-19)20(28)4-2-1-3-11-24-23(31)17-7-5-16(6-8-17)13-26-21(29)9-10-22(26)30/h9-10,16-19,27H,1-8,11-15H2,(H,24,31)(H2,32,33,36)/p-1/t16?,17?,18-,19+/m0/s1. The molecule has 0 bridgehead atoms. The molecule has 13 heteroatoms. The lowest BCUT2D eigenvalue weighted by Gasteiger charge is -2.30. The van der Waals surface area contributed by atoms with Gasteiger partial charge in [0.2, 0.25) is 11.8 Å². The van der Waals surface area contributed by atoms with E-state index in [0.717, 1.165) is 38.5 Å². The molecule has 202 valence electrons. The van der Waals surface area contributed by atoms with Crippen LogP contribution < -0.4 is 10.2 Å². The van der Waals surface area contributed by atoms with Crippen molar-refractivity contribution in [3.05, 3.63) is 12.2 Å². The fourth-order valence-electron chi connectivity index (χ4n) is 5.09. The van der Waals surface area contributed by atoms with Crippen LogP contribution in [-0.2, 0) is 35.5 Å². The Morgan fingerprint density at radius 2 is 1.81 bits per heavy atom. The number of hydrogen-bond donors (Lipinski definition) is 3. The fraction of sp³-hybridized carbons (Fsp3) is 0.739.